The molecule has 1 heterocycles. The molecule has 0 unspecified atom stereocenters. The van der Waals surface area contributed by atoms with E-state index in [1.54, 1.807) is 4.90 Å². The monoisotopic (exact) mass is 222 g/mol. The molecule has 0 spiro atoms. The van der Waals surface area contributed by atoms with E-state index in [1.807, 2.05) is 0 Å². The Labute approximate surface area is 87.4 Å². The molecular weight excluding hydrogens is 206 g/mol. The maximum Gasteiger partial charge on any atom is 0.261 e. The lowest BCUT2D eigenvalue weighted by molar-refractivity contribution is -0.131. The molecule has 1 aliphatic rings. The smallest absolute Gasteiger partial charge is 0.261 e. The highest BCUT2D eigenvalue weighted by Gasteiger charge is 2.22. The Morgan fingerprint density at radius 1 is 1.60 bits per heavy atom. The van der Waals surface area contributed by atoms with Crippen molar-refractivity contribution in [1.82, 2.24) is 4.90 Å². The standard InChI is InChI=1S/C9H16F2N2O2/c10-8(11)6-15-4-2-9(14)13-3-1-7(12)5-13/h7-8H,1-6,12H2/t7-/m1/s1. The maximum absolute atomic E-state index is 11.7. The first-order valence-electron chi connectivity index (χ1n) is 4.99. The number of rotatable bonds is 5. The van der Waals surface area contributed by atoms with Gasteiger partial charge in [-0.15, -0.1) is 0 Å². The van der Waals surface area contributed by atoms with E-state index in [0.717, 1.165) is 6.42 Å². The molecule has 1 rings (SSSR count). The van der Waals surface area contributed by atoms with Crippen LogP contribution in [0.5, 0.6) is 0 Å². The molecule has 2 N–H and O–H groups in total. The Kier molecular flexibility index (Phi) is 4.90. The number of carbonyl (C=O) groups excluding carboxylic acids is 1. The van der Waals surface area contributed by atoms with Crippen molar-refractivity contribution in [3.63, 3.8) is 0 Å². The Hall–Kier alpha value is -0.750. The molecule has 0 saturated carbocycles. The largest absolute Gasteiger partial charge is 0.375 e. The van der Waals surface area contributed by atoms with Crippen LogP contribution in [-0.4, -0.2) is 49.6 Å². The van der Waals surface area contributed by atoms with Gasteiger partial charge in [0.15, 0.2) is 0 Å². The van der Waals surface area contributed by atoms with Crippen molar-refractivity contribution in [1.29, 1.82) is 0 Å². The van der Waals surface area contributed by atoms with Crippen molar-refractivity contribution < 1.29 is 18.3 Å². The fraction of sp³-hybridized carbons (Fsp3) is 0.889. The summed E-state index contributed by atoms with van der Waals surface area (Å²) in [5, 5.41) is 0. The van der Waals surface area contributed by atoms with Crippen molar-refractivity contribution in [2.45, 2.75) is 25.3 Å². The number of amides is 1. The molecule has 1 aliphatic heterocycles. The van der Waals surface area contributed by atoms with Gasteiger partial charge in [-0.2, -0.15) is 0 Å². The highest BCUT2D eigenvalue weighted by Crippen LogP contribution is 2.08. The number of hydrogen-bond donors (Lipinski definition) is 1. The fourth-order valence-electron chi connectivity index (χ4n) is 1.50. The molecule has 0 aromatic rings. The third-order valence-corrected chi connectivity index (χ3v) is 2.28. The minimum Gasteiger partial charge on any atom is -0.375 e. The van der Waals surface area contributed by atoms with Crippen molar-refractivity contribution in [3.05, 3.63) is 0 Å². The van der Waals surface area contributed by atoms with Gasteiger partial charge in [0.25, 0.3) is 6.43 Å². The average molecular weight is 222 g/mol. The number of nitrogens with two attached hydrogens (primary N) is 1. The zero-order valence-corrected chi connectivity index (χ0v) is 8.49. The van der Waals surface area contributed by atoms with Crippen LogP contribution >= 0.6 is 0 Å². The normalized spacial score (nSPS) is 21.3. The van der Waals surface area contributed by atoms with Gasteiger partial charge in [-0.25, -0.2) is 8.78 Å². The molecule has 0 aromatic carbocycles. The van der Waals surface area contributed by atoms with Crippen LogP contribution in [0.15, 0.2) is 0 Å². The number of alkyl halides is 2. The van der Waals surface area contributed by atoms with Crippen molar-refractivity contribution >= 4 is 5.91 Å². The summed E-state index contributed by atoms with van der Waals surface area (Å²) in [4.78, 5) is 13.1. The lowest BCUT2D eigenvalue weighted by Gasteiger charge is -2.15. The maximum atomic E-state index is 11.7. The van der Waals surface area contributed by atoms with Gasteiger partial charge in [0.2, 0.25) is 5.91 Å². The van der Waals surface area contributed by atoms with Gasteiger partial charge in [-0.3, -0.25) is 4.79 Å². The van der Waals surface area contributed by atoms with Crippen LogP contribution in [-0.2, 0) is 9.53 Å². The number of ether oxygens (including phenoxy) is 1. The van der Waals surface area contributed by atoms with Gasteiger partial charge in [0.05, 0.1) is 13.0 Å². The molecule has 1 saturated heterocycles. The number of likely N-dealkylation sites (tertiary alicyclic amines) is 1. The summed E-state index contributed by atoms with van der Waals surface area (Å²) in [7, 11) is 0. The molecule has 0 aliphatic carbocycles. The second kappa shape index (κ2) is 5.97. The van der Waals surface area contributed by atoms with Crippen LogP contribution in [0.1, 0.15) is 12.8 Å². The third kappa shape index (κ3) is 4.53. The van der Waals surface area contributed by atoms with E-state index < -0.39 is 13.0 Å². The van der Waals surface area contributed by atoms with E-state index in [1.165, 1.54) is 0 Å². The van der Waals surface area contributed by atoms with Crippen molar-refractivity contribution in [3.8, 4) is 0 Å². The number of hydrogen-bond acceptors (Lipinski definition) is 3. The first-order chi connectivity index (χ1) is 7.09. The summed E-state index contributed by atoms with van der Waals surface area (Å²) in [5.74, 6) is -0.0720. The molecule has 0 aromatic heterocycles. The van der Waals surface area contributed by atoms with E-state index in [-0.39, 0.29) is 25.0 Å². The molecule has 4 nitrogen and oxygen atoms in total. The lowest BCUT2D eigenvalue weighted by atomic mass is 10.3. The van der Waals surface area contributed by atoms with E-state index >= 15 is 0 Å². The molecule has 15 heavy (non-hydrogen) atoms. The Bertz CT molecular complexity index is 214. The minimum atomic E-state index is -2.47. The quantitative estimate of drug-likeness (QED) is 0.677. The predicted molar refractivity (Wildman–Crippen MR) is 50.6 cm³/mol. The summed E-state index contributed by atoms with van der Waals surface area (Å²) in [6.45, 7) is 0.671. The fourth-order valence-corrected chi connectivity index (χ4v) is 1.50. The number of halogens is 2. The van der Waals surface area contributed by atoms with Gasteiger partial charge in [0.1, 0.15) is 6.61 Å². The average Bonchev–Trinajstić information content (AvgIpc) is 2.59. The molecule has 6 heteroatoms. The van der Waals surface area contributed by atoms with Crippen LogP contribution < -0.4 is 5.73 Å². The van der Waals surface area contributed by atoms with Crippen LogP contribution in [0.25, 0.3) is 0 Å². The van der Waals surface area contributed by atoms with Gasteiger partial charge in [0, 0.05) is 19.1 Å². The second-order valence-corrected chi connectivity index (χ2v) is 3.60. The highest BCUT2D eigenvalue weighted by atomic mass is 19.3. The highest BCUT2D eigenvalue weighted by molar-refractivity contribution is 5.76. The summed E-state index contributed by atoms with van der Waals surface area (Å²) in [6, 6.07) is 0.0518. The number of carbonyl (C=O) groups is 1. The Morgan fingerprint density at radius 2 is 2.33 bits per heavy atom. The van der Waals surface area contributed by atoms with E-state index in [2.05, 4.69) is 4.74 Å². The topological polar surface area (TPSA) is 55.6 Å². The summed E-state index contributed by atoms with van der Waals surface area (Å²) < 4.78 is 28.0. The lowest BCUT2D eigenvalue weighted by Crippen LogP contribution is -2.32. The van der Waals surface area contributed by atoms with Crippen molar-refractivity contribution in [2.24, 2.45) is 5.73 Å². The van der Waals surface area contributed by atoms with Crippen LogP contribution in [0.3, 0.4) is 0 Å². The summed E-state index contributed by atoms with van der Waals surface area (Å²) >= 11 is 0. The Morgan fingerprint density at radius 3 is 2.87 bits per heavy atom. The Balaban J connectivity index is 2.08. The minimum absolute atomic E-state index is 0.0505. The third-order valence-electron chi connectivity index (χ3n) is 2.28. The van der Waals surface area contributed by atoms with Crippen LogP contribution in [0, 0.1) is 0 Å². The van der Waals surface area contributed by atoms with Crippen molar-refractivity contribution in [2.75, 3.05) is 26.3 Å². The number of nitrogens with zero attached hydrogens (tertiary/aromatic N) is 1. The predicted octanol–water partition coefficient (Wildman–Crippen LogP) is 0.218. The van der Waals surface area contributed by atoms with E-state index in [9.17, 15) is 13.6 Å². The summed E-state index contributed by atoms with van der Waals surface area (Å²) in [6.07, 6.45) is -1.51. The molecule has 0 bridgehead atoms. The first-order valence-corrected chi connectivity index (χ1v) is 4.99. The van der Waals surface area contributed by atoms with Crippen LogP contribution in [0.4, 0.5) is 8.78 Å². The van der Waals surface area contributed by atoms with Gasteiger partial charge >= 0.3 is 0 Å². The SMILES string of the molecule is N[C@@H]1CCN(C(=O)CCOCC(F)F)C1. The van der Waals surface area contributed by atoms with Gasteiger partial charge in [-0.05, 0) is 6.42 Å². The molecule has 88 valence electrons. The molecule has 1 amide bonds. The molecular formula is C9H16F2N2O2. The van der Waals surface area contributed by atoms with Gasteiger partial charge in [-0.1, -0.05) is 0 Å². The molecule has 1 atom stereocenters. The zero-order valence-electron chi connectivity index (χ0n) is 8.49. The molecule has 1 fully saturated rings. The first kappa shape index (κ1) is 12.3. The zero-order chi connectivity index (χ0) is 11.3. The van der Waals surface area contributed by atoms with E-state index in [0.29, 0.717) is 13.1 Å². The van der Waals surface area contributed by atoms with E-state index in [4.69, 9.17) is 5.73 Å². The van der Waals surface area contributed by atoms with Crippen LogP contribution in [0.2, 0.25) is 0 Å². The molecule has 0 radical (unpaired) electrons. The second-order valence-electron chi connectivity index (χ2n) is 3.60. The van der Waals surface area contributed by atoms with Gasteiger partial charge < -0.3 is 15.4 Å². The summed E-state index contributed by atoms with van der Waals surface area (Å²) in [5.41, 5.74) is 5.63.